The highest BCUT2D eigenvalue weighted by molar-refractivity contribution is 5.93. The van der Waals surface area contributed by atoms with Gasteiger partial charge in [0.25, 0.3) is 5.91 Å². The van der Waals surface area contributed by atoms with Crippen LogP contribution in [0.3, 0.4) is 0 Å². The number of aliphatic carboxylic acids is 1. The molecule has 6 heteroatoms. The normalized spacial score (nSPS) is 15.3. The van der Waals surface area contributed by atoms with Crippen molar-refractivity contribution in [3.05, 3.63) is 41.8 Å². The molecule has 1 amide bonds. The van der Waals surface area contributed by atoms with Gasteiger partial charge in [-0.15, -0.1) is 0 Å². The second-order valence-electron chi connectivity index (χ2n) is 5.57. The van der Waals surface area contributed by atoms with E-state index in [1.165, 1.54) is 0 Å². The van der Waals surface area contributed by atoms with Crippen molar-refractivity contribution < 1.29 is 19.1 Å². The van der Waals surface area contributed by atoms with Crippen LogP contribution in [0.25, 0.3) is 11.5 Å². The van der Waals surface area contributed by atoms with E-state index in [4.69, 9.17) is 9.52 Å². The van der Waals surface area contributed by atoms with Crippen LogP contribution >= 0.6 is 0 Å². The number of nitrogens with zero attached hydrogens (tertiary/aromatic N) is 1. The zero-order valence-electron chi connectivity index (χ0n) is 12.1. The highest BCUT2D eigenvalue weighted by Crippen LogP contribution is 2.45. The lowest BCUT2D eigenvalue weighted by atomic mass is 10.1. The Bertz CT molecular complexity index is 717. The Labute approximate surface area is 127 Å². The Balaban J connectivity index is 1.74. The third-order valence-electron chi connectivity index (χ3n) is 3.92. The zero-order valence-corrected chi connectivity index (χ0v) is 12.1. The van der Waals surface area contributed by atoms with Gasteiger partial charge in [0, 0.05) is 12.1 Å². The second-order valence-corrected chi connectivity index (χ2v) is 5.57. The Morgan fingerprint density at radius 1 is 1.32 bits per heavy atom. The number of carbonyl (C=O) groups excluding carboxylic acids is 1. The Morgan fingerprint density at radius 3 is 2.59 bits per heavy atom. The van der Waals surface area contributed by atoms with Crippen LogP contribution in [0, 0.1) is 12.3 Å². The number of oxazole rings is 1. The lowest BCUT2D eigenvalue weighted by Gasteiger charge is -2.09. The molecule has 1 aliphatic rings. The third kappa shape index (κ3) is 2.59. The molecule has 1 aromatic carbocycles. The number of amides is 1. The number of nitrogens with one attached hydrogen (secondary N) is 1. The van der Waals surface area contributed by atoms with Crippen molar-refractivity contribution >= 4 is 11.9 Å². The molecule has 1 saturated carbocycles. The smallest absolute Gasteiger partial charge is 0.311 e. The summed E-state index contributed by atoms with van der Waals surface area (Å²) in [4.78, 5) is 27.5. The second kappa shape index (κ2) is 5.29. The van der Waals surface area contributed by atoms with E-state index in [-0.39, 0.29) is 12.3 Å². The Kier molecular flexibility index (Phi) is 3.44. The fourth-order valence-electron chi connectivity index (χ4n) is 2.26. The molecule has 22 heavy (non-hydrogen) atoms. The molecule has 0 radical (unpaired) electrons. The molecule has 6 nitrogen and oxygen atoms in total. The summed E-state index contributed by atoms with van der Waals surface area (Å²) in [5.74, 6) is -0.797. The van der Waals surface area contributed by atoms with Crippen LogP contribution in [0.1, 0.15) is 29.1 Å². The number of hydrogen-bond acceptors (Lipinski definition) is 4. The van der Waals surface area contributed by atoms with E-state index in [1.807, 2.05) is 30.3 Å². The summed E-state index contributed by atoms with van der Waals surface area (Å²) in [5, 5.41) is 11.7. The molecule has 1 heterocycles. The molecule has 114 valence electrons. The largest absolute Gasteiger partial charge is 0.481 e. The maximum absolute atomic E-state index is 12.2. The van der Waals surface area contributed by atoms with Gasteiger partial charge in [-0.05, 0) is 31.9 Å². The summed E-state index contributed by atoms with van der Waals surface area (Å²) < 4.78 is 5.54. The average Bonchev–Trinajstić information content (AvgIpc) is 3.22. The van der Waals surface area contributed by atoms with Crippen LogP contribution in [0.4, 0.5) is 0 Å². The zero-order chi connectivity index (χ0) is 15.7. The lowest BCUT2D eigenvalue weighted by Crippen LogP contribution is -2.34. The number of benzene rings is 1. The summed E-state index contributed by atoms with van der Waals surface area (Å²) in [6.45, 7) is 1.80. The number of aromatic nitrogens is 1. The van der Waals surface area contributed by atoms with E-state index in [9.17, 15) is 9.59 Å². The minimum atomic E-state index is -0.868. The highest BCUT2D eigenvalue weighted by Gasteiger charge is 2.50. The van der Waals surface area contributed by atoms with Crippen LogP contribution in [-0.4, -0.2) is 28.5 Å². The molecule has 0 bridgehead atoms. The first-order valence-electron chi connectivity index (χ1n) is 7.06. The molecule has 0 atom stereocenters. The van der Waals surface area contributed by atoms with Crippen molar-refractivity contribution in [3.63, 3.8) is 0 Å². The van der Waals surface area contributed by atoms with Gasteiger partial charge in [-0.1, -0.05) is 18.2 Å². The number of hydrogen-bond donors (Lipinski definition) is 2. The van der Waals surface area contributed by atoms with Crippen LogP contribution in [0.5, 0.6) is 0 Å². The SMILES string of the molecule is Cc1nc(-c2ccccc2)oc1C(=O)NCC1(C(=O)O)CC1. The van der Waals surface area contributed by atoms with Gasteiger partial charge < -0.3 is 14.8 Å². The van der Waals surface area contributed by atoms with E-state index in [0.717, 1.165) is 5.56 Å². The minimum Gasteiger partial charge on any atom is -0.481 e. The first-order valence-corrected chi connectivity index (χ1v) is 7.06. The molecular formula is C16H16N2O4. The summed E-state index contributed by atoms with van der Waals surface area (Å²) in [6, 6.07) is 9.29. The molecule has 0 aliphatic heterocycles. The van der Waals surface area contributed by atoms with E-state index in [2.05, 4.69) is 10.3 Å². The van der Waals surface area contributed by atoms with Gasteiger partial charge in [0.05, 0.1) is 11.1 Å². The quantitative estimate of drug-likeness (QED) is 0.883. The molecular weight excluding hydrogens is 284 g/mol. The summed E-state index contributed by atoms with van der Waals surface area (Å²) >= 11 is 0. The monoisotopic (exact) mass is 300 g/mol. The van der Waals surface area contributed by atoms with Gasteiger partial charge in [-0.25, -0.2) is 4.98 Å². The van der Waals surface area contributed by atoms with Gasteiger partial charge in [0.1, 0.15) is 0 Å². The van der Waals surface area contributed by atoms with Gasteiger partial charge in [0.2, 0.25) is 11.7 Å². The predicted octanol–water partition coefficient (Wildman–Crippen LogP) is 2.24. The molecule has 1 aromatic heterocycles. The maximum atomic E-state index is 12.2. The summed E-state index contributed by atoms with van der Waals surface area (Å²) in [7, 11) is 0. The standard InChI is InChI=1S/C16H16N2O4/c1-10-12(13(19)17-9-16(7-8-16)15(20)21)22-14(18-10)11-5-3-2-4-6-11/h2-6H,7-9H2,1H3,(H,17,19)(H,20,21). The van der Waals surface area contributed by atoms with Crippen molar-refractivity contribution in [2.75, 3.05) is 6.54 Å². The van der Waals surface area contributed by atoms with Crippen LogP contribution in [0.2, 0.25) is 0 Å². The van der Waals surface area contributed by atoms with Gasteiger partial charge >= 0.3 is 5.97 Å². The number of aryl methyl sites for hydroxylation is 1. The molecule has 3 rings (SSSR count). The van der Waals surface area contributed by atoms with E-state index >= 15 is 0 Å². The number of carbonyl (C=O) groups is 2. The third-order valence-corrected chi connectivity index (χ3v) is 3.92. The molecule has 1 fully saturated rings. The molecule has 1 aliphatic carbocycles. The van der Waals surface area contributed by atoms with E-state index in [0.29, 0.717) is 24.4 Å². The van der Waals surface area contributed by atoms with Crippen molar-refractivity contribution in [1.82, 2.24) is 10.3 Å². The lowest BCUT2D eigenvalue weighted by molar-refractivity contribution is -0.143. The Morgan fingerprint density at radius 2 is 2.00 bits per heavy atom. The summed E-state index contributed by atoms with van der Waals surface area (Å²) in [6.07, 6.45) is 1.18. The minimum absolute atomic E-state index is 0.113. The average molecular weight is 300 g/mol. The van der Waals surface area contributed by atoms with E-state index in [1.54, 1.807) is 6.92 Å². The van der Waals surface area contributed by atoms with Gasteiger partial charge in [-0.2, -0.15) is 0 Å². The van der Waals surface area contributed by atoms with Crippen molar-refractivity contribution in [1.29, 1.82) is 0 Å². The molecule has 2 aromatic rings. The Hall–Kier alpha value is -2.63. The van der Waals surface area contributed by atoms with Crippen LogP contribution < -0.4 is 5.32 Å². The maximum Gasteiger partial charge on any atom is 0.311 e. The molecule has 0 saturated heterocycles. The highest BCUT2D eigenvalue weighted by atomic mass is 16.4. The molecule has 0 spiro atoms. The number of carboxylic acid groups (broad SMARTS) is 1. The fourth-order valence-corrected chi connectivity index (χ4v) is 2.26. The molecule has 0 unspecified atom stereocenters. The predicted molar refractivity (Wildman–Crippen MR) is 78.3 cm³/mol. The summed E-state index contributed by atoms with van der Waals surface area (Å²) in [5.41, 5.74) is 0.469. The number of rotatable bonds is 5. The van der Waals surface area contributed by atoms with Gasteiger partial charge in [-0.3, -0.25) is 9.59 Å². The number of carboxylic acids is 1. The first-order chi connectivity index (χ1) is 10.5. The van der Waals surface area contributed by atoms with Crippen LogP contribution in [-0.2, 0) is 4.79 Å². The fraction of sp³-hybridized carbons (Fsp3) is 0.312. The molecule has 2 N–H and O–H groups in total. The topological polar surface area (TPSA) is 92.4 Å². The van der Waals surface area contributed by atoms with Crippen molar-refractivity contribution in [3.8, 4) is 11.5 Å². The van der Waals surface area contributed by atoms with Crippen molar-refractivity contribution in [2.45, 2.75) is 19.8 Å². The van der Waals surface area contributed by atoms with Gasteiger partial charge in [0.15, 0.2) is 0 Å². The first kappa shape index (κ1) is 14.3. The van der Waals surface area contributed by atoms with Crippen LogP contribution in [0.15, 0.2) is 34.7 Å². The van der Waals surface area contributed by atoms with Crippen molar-refractivity contribution in [2.24, 2.45) is 5.41 Å². The van der Waals surface area contributed by atoms with E-state index < -0.39 is 17.3 Å².